The Kier molecular flexibility index (Phi) is 5.67. The molecule has 3 aliphatic heterocycles. The Hall–Kier alpha value is -3.53. The normalized spacial score (nSPS) is 24.9. The van der Waals surface area contributed by atoms with Crippen molar-refractivity contribution in [3.63, 3.8) is 0 Å². The Morgan fingerprint density at radius 2 is 2.18 bits per heavy atom. The molecular formula is C23H29N9O. The molecule has 5 rings (SSSR count). The summed E-state index contributed by atoms with van der Waals surface area (Å²) in [6, 6.07) is 3.58. The van der Waals surface area contributed by atoms with Gasteiger partial charge < -0.3 is 15.5 Å². The van der Waals surface area contributed by atoms with Crippen LogP contribution in [-0.2, 0) is 0 Å². The fraction of sp³-hybridized carbons (Fsp3) is 0.435. The van der Waals surface area contributed by atoms with Gasteiger partial charge in [-0.15, -0.1) is 0 Å². The van der Waals surface area contributed by atoms with Gasteiger partial charge in [-0.3, -0.25) is 4.79 Å². The molecule has 2 saturated heterocycles. The van der Waals surface area contributed by atoms with E-state index in [2.05, 4.69) is 26.8 Å². The number of nitrogens with two attached hydrogens (primary N) is 1. The van der Waals surface area contributed by atoms with Crippen LogP contribution in [0.2, 0.25) is 0 Å². The van der Waals surface area contributed by atoms with E-state index in [-0.39, 0.29) is 18.0 Å². The van der Waals surface area contributed by atoms with E-state index in [1.165, 1.54) is 0 Å². The molecule has 1 unspecified atom stereocenters. The van der Waals surface area contributed by atoms with Crippen molar-refractivity contribution in [2.24, 2.45) is 15.8 Å². The van der Waals surface area contributed by atoms with Crippen molar-refractivity contribution in [3.05, 3.63) is 53.9 Å². The second-order valence-electron chi connectivity index (χ2n) is 8.77. The molecule has 33 heavy (non-hydrogen) atoms. The largest absolute Gasteiger partial charge is 0.355 e. The predicted molar refractivity (Wildman–Crippen MR) is 126 cm³/mol. The number of aliphatic imine (C=N–C) groups is 1. The second-order valence-corrected chi connectivity index (χ2v) is 8.77. The molecule has 3 aliphatic rings. The minimum Gasteiger partial charge on any atom is -0.355 e. The van der Waals surface area contributed by atoms with E-state index in [0.717, 1.165) is 50.2 Å². The lowest BCUT2D eigenvalue weighted by Crippen LogP contribution is -2.43. The van der Waals surface area contributed by atoms with Crippen molar-refractivity contribution < 1.29 is 4.79 Å². The van der Waals surface area contributed by atoms with Crippen LogP contribution in [0.5, 0.6) is 0 Å². The zero-order chi connectivity index (χ0) is 22.9. The molecule has 2 fully saturated rings. The van der Waals surface area contributed by atoms with E-state index in [9.17, 15) is 4.79 Å². The van der Waals surface area contributed by atoms with Gasteiger partial charge in [-0.05, 0) is 44.7 Å². The molecule has 0 saturated carbocycles. The highest BCUT2D eigenvalue weighted by atomic mass is 16.2. The first-order valence-corrected chi connectivity index (χ1v) is 11.4. The average molecular weight is 448 g/mol. The molecule has 1 amide bonds. The summed E-state index contributed by atoms with van der Waals surface area (Å²) >= 11 is 0. The van der Waals surface area contributed by atoms with Crippen LogP contribution >= 0.6 is 0 Å². The van der Waals surface area contributed by atoms with Crippen LogP contribution < -0.4 is 5.73 Å². The summed E-state index contributed by atoms with van der Waals surface area (Å²) in [7, 11) is 0. The maximum Gasteiger partial charge on any atom is 0.274 e. The number of amidine groups is 1. The van der Waals surface area contributed by atoms with Crippen molar-refractivity contribution in [1.82, 2.24) is 29.4 Å². The van der Waals surface area contributed by atoms with Gasteiger partial charge in [0.15, 0.2) is 17.2 Å². The van der Waals surface area contributed by atoms with Gasteiger partial charge in [0.2, 0.25) is 0 Å². The standard InChI is InChI=1S/C23H29N9O/c1-16-14-32(25-2)21(27-22(16)29-11-7-17(24)15-29)12-18-6-3-4-9-30(18)23(33)19-13-20-26-8-5-10-31(20)28-19/h5,8,10,12-14,17-18H,2-4,6-7,9,11,15,24H2,1H3/b21-12-/t17-,18?/m0/s1. The van der Waals surface area contributed by atoms with Gasteiger partial charge in [-0.25, -0.2) is 19.5 Å². The molecule has 0 aromatic carbocycles. The number of rotatable bonds is 3. The summed E-state index contributed by atoms with van der Waals surface area (Å²) < 4.78 is 1.63. The number of hydrazone groups is 1. The van der Waals surface area contributed by atoms with Crippen molar-refractivity contribution in [2.75, 3.05) is 19.6 Å². The highest BCUT2D eigenvalue weighted by Crippen LogP contribution is 2.27. The van der Waals surface area contributed by atoms with Crippen LogP contribution in [0.4, 0.5) is 0 Å². The van der Waals surface area contributed by atoms with Gasteiger partial charge in [0, 0.05) is 62.6 Å². The number of carbonyl (C=O) groups excluding carboxylic acids is 1. The topological polar surface area (TPSA) is 108 Å². The third-order valence-corrected chi connectivity index (χ3v) is 6.41. The van der Waals surface area contributed by atoms with E-state index in [1.807, 2.05) is 24.1 Å². The summed E-state index contributed by atoms with van der Waals surface area (Å²) in [5, 5.41) is 10.2. The average Bonchev–Trinajstić information content (AvgIpc) is 3.46. The fourth-order valence-electron chi connectivity index (χ4n) is 4.72. The summed E-state index contributed by atoms with van der Waals surface area (Å²) in [5.41, 5.74) is 8.19. The van der Waals surface area contributed by atoms with Crippen molar-refractivity contribution in [1.29, 1.82) is 0 Å². The molecule has 2 N–H and O–H groups in total. The molecule has 10 nitrogen and oxygen atoms in total. The number of hydrogen-bond donors (Lipinski definition) is 1. The molecular weight excluding hydrogens is 418 g/mol. The van der Waals surface area contributed by atoms with Gasteiger partial charge in [0.1, 0.15) is 5.84 Å². The third kappa shape index (κ3) is 4.13. The Balaban J connectivity index is 1.45. The van der Waals surface area contributed by atoms with Crippen LogP contribution in [0.15, 0.2) is 58.3 Å². The van der Waals surface area contributed by atoms with E-state index in [0.29, 0.717) is 23.7 Å². The number of amides is 1. The Morgan fingerprint density at radius 3 is 2.94 bits per heavy atom. The van der Waals surface area contributed by atoms with Gasteiger partial charge in [-0.1, -0.05) is 0 Å². The molecule has 5 heterocycles. The first-order valence-electron chi connectivity index (χ1n) is 11.4. The maximum atomic E-state index is 13.4. The van der Waals surface area contributed by atoms with E-state index in [1.54, 1.807) is 34.1 Å². The van der Waals surface area contributed by atoms with Crippen LogP contribution in [0.1, 0.15) is 43.1 Å². The van der Waals surface area contributed by atoms with Crippen molar-refractivity contribution in [2.45, 2.75) is 44.7 Å². The number of aromatic nitrogens is 3. The van der Waals surface area contributed by atoms with Gasteiger partial charge in [-0.2, -0.15) is 10.2 Å². The number of piperidine rings is 1. The minimum atomic E-state index is -0.110. The lowest BCUT2D eigenvalue weighted by Gasteiger charge is -2.35. The SMILES string of the molecule is C=NN1C=C(C)C(N2CC[C@H](N)C2)=N/C1=C/C1CCCCN1C(=O)c1cc2ncccn2n1. The molecule has 0 radical (unpaired) electrons. The Labute approximate surface area is 192 Å². The van der Waals surface area contributed by atoms with Crippen LogP contribution in [0.3, 0.4) is 0 Å². The van der Waals surface area contributed by atoms with Crippen LogP contribution in [-0.4, -0.2) is 79.6 Å². The highest BCUT2D eigenvalue weighted by Gasteiger charge is 2.31. The van der Waals surface area contributed by atoms with E-state index >= 15 is 0 Å². The van der Waals surface area contributed by atoms with Crippen molar-refractivity contribution in [3.8, 4) is 0 Å². The predicted octanol–water partition coefficient (Wildman–Crippen LogP) is 1.83. The second kappa shape index (κ2) is 8.78. The monoisotopic (exact) mass is 447 g/mol. The molecule has 0 spiro atoms. The molecule has 2 aromatic heterocycles. The number of likely N-dealkylation sites (tertiary alicyclic amines) is 2. The molecule has 2 aromatic rings. The fourth-order valence-corrected chi connectivity index (χ4v) is 4.72. The molecule has 0 aliphatic carbocycles. The smallest absolute Gasteiger partial charge is 0.274 e. The van der Waals surface area contributed by atoms with Gasteiger partial charge >= 0.3 is 0 Å². The highest BCUT2D eigenvalue weighted by molar-refractivity contribution is 5.99. The lowest BCUT2D eigenvalue weighted by molar-refractivity contribution is 0.0655. The Morgan fingerprint density at radius 1 is 1.30 bits per heavy atom. The number of hydrogen-bond acceptors (Lipinski definition) is 8. The first-order chi connectivity index (χ1) is 16.0. The summed E-state index contributed by atoms with van der Waals surface area (Å²) in [5.74, 6) is 1.49. The van der Waals surface area contributed by atoms with Crippen LogP contribution in [0, 0.1) is 0 Å². The third-order valence-electron chi connectivity index (χ3n) is 6.41. The summed E-state index contributed by atoms with van der Waals surface area (Å²) in [6.45, 7) is 8.07. The van der Waals surface area contributed by atoms with Crippen LogP contribution in [0.25, 0.3) is 5.65 Å². The molecule has 2 atom stereocenters. The summed E-state index contributed by atoms with van der Waals surface area (Å²) in [6.07, 6.45) is 11.3. The maximum absolute atomic E-state index is 13.4. The van der Waals surface area contributed by atoms with Gasteiger partial charge in [0.25, 0.3) is 5.91 Å². The number of carbonyl (C=O) groups is 1. The number of fused-ring (bicyclic) bond motifs is 1. The van der Waals surface area contributed by atoms with E-state index in [4.69, 9.17) is 10.7 Å². The molecule has 0 bridgehead atoms. The number of nitrogens with zero attached hydrogens (tertiary/aromatic N) is 8. The first kappa shape index (κ1) is 21.3. The summed E-state index contributed by atoms with van der Waals surface area (Å²) in [4.78, 5) is 26.7. The molecule has 10 heteroatoms. The van der Waals surface area contributed by atoms with Crippen molar-refractivity contribution >= 4 is 24.1 Å². The van der Waals surface area contributed by atoms with Gasteiger partial charge in [0.05, 0.1) is 6.04 Å². The lowest BCUT2D eigenvalue weighted by atomic mass is 10.0. The quantitative estimate of drug-likeness (QED) is 0.720. The minimum absolute atomic E-state index is 0.0996. The zero-order valence-corrected chi connectivity index (χ0v) is 18.8. The molecule has 172 valence electrons. The zero-order valence-electron chi connectivity index (χ0n) is 18.8. The Bertz CT molecular complexity index is 1130. The van der Waals surface area contributed by atoms with E-state index < -0.39 is 0 Å².